The second-order valence-electron chi connectivity index (χ2n) is 4.08. The maximum Gasteiger partial charge on any atom is 0.325 e. The van der Waals surface area contributed by atoms with Gasteiger partial charge in [0, 0.05) is 11.0 Å². The summed E-state index contributed by atoms with van der Waals surface area (Å²) in [5, 5.41) is 0. The fourth-order valence-electron chi connectivity index (χ4n) is 1.56. The van der Waals surface area contributed by atoms with E-state index >= 15 is 0 Å². The van der Waals surface area contributed by atoms with Gasteiger partial charge in [-0.15, -0.1) is 0 Å². The first kappa shape index (κ1) is 18.0. The number of esters is 1. The SMILES string of the molecule is CCOC(=O)CN(CC)C(=O)COc1ccc(Br)cc1Br. The first-order valence-corrected chi connectivity index (χ1v) is 8.07. The highest BCUT2D eigenvalue weighted by atomic mass is 79.9. The zero-order valence-electron chi connectivity index (χ0n) is 11.9. The van der Waals surface area contributed by atoms with Crippen LogP contribution in [0.5, 0.6) is 5.75 Å². The van der Waals surface area contributed by atoms with Crippen LogP contribution in [0.2, 0.25) is 0 Å². The summed E-state index contributed by atoms with van der Waals surface area (Å²) in [5.41, 5.74) is 0. The van der Waals surface area contributed by atoms with E-state index in [2.05, 4.69) is 31.9 Å². The van der Waals surface area contributed by atoms with Gasteiger partial charge in [0.25, 0.3) is 5.91 Å². The Hall–Kier alpha value is -1.08. The summed E-state index contributed by atoms with van der Waals surface area (Å²) < 4.78 is 12.0. The maximum atomic E-state index is 12.0. The minimum atomic E-state index is -0.419. The highest BCUT2D eigenvalue weighted by molar-refractivity contribution is 9.11. The zero-order chi connectivity index (χ0) is 15.8. The minimum absolute atomic E-state index is 0.0615. The minimum Gasteiger partial charge on any atom is -0.483 e. The average molecular weight is 423 g/mol. The highest BCUT2D eigenvalue weighted by Gasteiger charge is 2.17. The summed E-state index contributed by atoms with van der Waals surface area (Å²) in [6.07, 6.45) is 0. The molecule has 0 heterocycles. The molecule has 5 nitrogen and oxygen atoms in total. The number of halogens is 2. The van der Waals surface area contributed by atoms with Gasteiger partial charge < -0.3 is 14.4 Å². The number of hydrogen-bond donors (Lipinski definition) is 0. The Morgan fingerprint density at radius 3 is 2.52 bits per heavy atom. The molecule has 0 atom stereocenters. The maximum absolute atomic E-state index is 12.0. The number of rotatable bonds is 7. The lowest BCUT2D eigenvalue weighted by Gasteiger charge is -2.20. The van der Waals surface area contributed by atoms with Crippen molar-refractivity contribution >= 4 is 43.7 Å². The lowest BCUT2D eigenvalue weighted by atomic mass is 10.3. The molecule has 1 amide bonds. The Labute approximate surface area is 140 Å². The van der Waals surface area contributed by atoms with Crippen molar-refractivity contribution in [3.05, 3.63) is 27.1 Å². The first-order valence-electron chi connectivity index (χ1n) is 6.49. The van der Waals surface area contributed by atoms with Gasteiger partial charge in [0.05, 0.1) is 11.1 Å². The molecular weight excluding hydrogens is 406 g/mol. The van der Waals surface area contributed by atoms with E-state index in [9.17, 15) is 9.59 Å². The van der Waals surface area contributed by atoms with Crippen LogP contribution in [0.15, 0.2) is 27.1 Å². The fraction of sp³-hybridized carbons (Fsp3) is 0.429. The zero-order valence-corrected chi connectivity index (χ0v) is 15.1. The predicted octanol–water partition coefficient (Wildman–Crippen LogP) is 3.00. The van der Waals surface area contributed by atoms with E-state index in [0.29, 0.717) is 18.9 Å². The second-order valence-corrected chi connectivity index (χ2v) is 5.85. The standard InChI is InChI=1S/C14H17Br2NO4/c1-3-17(8-14(19)20-4-2)13(18)9-21-12-6-5-10(15)7-11(12)16/h5-7H,3-4,8-9H2,1-2H3. The Kier molecular flexibility index (Phi) is 7.74. The van der Waals surface area contributed by atoms with Gasteiger partial charge in [-0.1, -0.05) is 15.9 Å². The Bertz CT molecular complexity index is 508. The van der Waals surface area contributed by atoms with Crippen LogP contribution in [0.25, 0.3) is 0 Å². The van der Waals surface area contributed by atoms with Gasteiger partial charge >= 0.3 is 5.97 Å². The number of amides is 1. The van der Waals surface area contributed by atoms with Crippen LogP contribution in [0, 0.1) is 0 Å². The molecule has 0 saturated heterocycles. The summed E-state index contributed by atoms with van der Waals surface area (Å²) >= 11 is 6.70. The lowest BCUT2D eigenvalue weighted by molar-refractivity contribution is -0.149. The van der Waals surface area contributed by atoms with Crippen molar-refractivity contribution in [1.29, 1.82) is 0 Å². The molecule has 0 N–H and O–H groups in total. The molecule has 0 aliphatic heterocycles. The van der Waals surface area contributed by atoms with Gasteiger partial charge in [0.15, 0.2) is 6.61 Å². The predicted molar refractivity (Wildman–Crippen MR) is 86.2 cm³/mol. The van der Waals surface area contributed by atoms with Crippen LogP contribution in [0.1, 0.15) is 13.8 Å². The molecule has 0 aliphatic carbocycles. The number of carbonyl (C=O) groups is 2. The summed E-state index contributed by atoms with van der Waals surface area (Å²) in [7, 11) is 0. The van der Waals surface area contributed by atoms with E-state index in [0.717, 1.165) is 8.95 Å². The normalized spacial score (nSPS) is 10.1. The van der Waals surface area contributed by atoms with Gasteiger partial charge in [0.2, 0.25) is 0 Å². The topological polar surface area (TPSA) is 55.8 Å². The molecule has 0 radical (unpaired) electrons. The van der Waals surface area contributed by atoms with Crippen LogP contribution in [0.4, 0.5) is 0 Å². The van der Waals surface area contributed by atoms with Gasteiger partial charge in [-0.05, 0) is 48.0 Å². The Balaban J connectivity index is 2.56. The molecular formula is C14H17Br2NO4. The number of carbonyl (C=O) groups excluding carboxylic acids is 2. The first-order chi connectivity index (χ1) is 9.97. The third-order valence-electron chi connectivity index (χ3n) is 2.60. The fourth-order valence-corrected chi connectivity index (χ4v) is 2.72. The van der Waals surface area contributed by atoms with Crippen LogP contribution < -0.4 is 4.74 Å². The monoisotopic (exact) mass is 421 g/mol. The molecule has 0 bridgehead atoms. The molecule has 7 heteroatoms. The van der Waals surface area contributed by atoms with Gasteiger partial charge in [-0.3, -0.25) is 9.59 Å². The van der Waals surface area contributed by atoms with Crippen LogP contribution in [-0.2, 0) is 14.3 Å². The lowest BCUT2D eigenvalue weighted by Crippen LogP contribution is -2.39. The van der Waals surface area contributed by atoms with E-state index in [1.165, 1.54) is 4.90 Å². The summed E-state index contributed by atoms with van der Waals surface area (Å²) in [4.78, 5) is 24.8. The average Bonchev–Trinajstić information content (AvgIpc) is 2.43. The molecule has 0 fully saturated rings. The molecule has 0 saturated carbocycles. The van der Waals surface area contributed by atoms with E-state index in [1.807, 2.05) is 12.1 Å². The smallest absolute Gasteiger partial charge is 0.325 e. The summed E-state index contributed by atoms with van der Waals surface area (Å²) in [6.45, 7) is 4.05. The largest absolute Gasteiger partial charge is 0.483 e. The Morgan fingerprint density at radius 1 is 1.24 bits per heavy atom. The number of nitrogens with zero attached hydrogens (tertiary/aromatic N) is 1. The van der Waals surface area contributed by atoms with Crippen molar-refractivity contribution in [2.75, 3.05) is 26.3 Å². The summed E-state index contributed by atoms with van der Waals surface area (Å²) in [6, 6.07) is 5.40. The number of ether oxygens (including phenoxy) is 2. The number of benzene rings is 1. The van der Waals surface area contributed by atoms with E-state index in [-0.39, 0.29) is 19.1 Å². The van der Waals surface area contributed by atoms with Crippen LogP contribution in [0.3, 0.4) is 0 Å². The third kappa shape index (κ3) is 6.05. The van der Waals surface area contributed by atoms with E-state index < -0.39 is 5.97 Å². The molecule has 21 heavy (non-hydrogen) atoms. The van der Waals surface area contributed by atoms with Crippen molar-refractivity contribution in [3.8, 4) is 5.75 Å². The number of hydrogen-bond acceptors (Lipinski definition) is 4. The van der Waals surface area contributed by atoms with Crippen molar-refractivity contribution in [2.45, 2.75) is 13.8 Å². The molecule has 0 aromatic heterocycles. The van der Waals surface area contributed by atoms with Crippen molar-refractivity contribution in [2.24, 2.45) is 0 Å². The molecule has 0 unspecified atom stereocenters. The van der Waals surface area contributed by atoms with E-state index in [4.69, 9.17) is 9.47 Å². The Morgan fingerprint density at radius 2 is 1.95 bits per heavy atom. The summed E-state index contributed by atoms with van der Waals surface area (Å²) in [5.74, 6) is -0.114. The van der Waals surface area contributed by atoms with Crippen LogP contribution in [-0.4, -0.2) is 43.1 Å². The molecule has 1 rings (SSSR count). The molecule has 1 aromatic carbocycles. The molecule has 0 spiro atoms. The number of likely N-dealkylation sites (N-methyl/N-ethyl adjacent to an activating group) is 1. The molecule has 116 valence electrons. The third-order valence-corrected chi connectivity index (χ3v) is 3.72. The molecule has 1 aromatic rings. The van der Waals surface area contributed by atoms with Gasteiger partial charge in [-0.25, -0.2) is 0 Å². The van der Waals surface area contributed by atoms with E-state index in [1.54, 1.807) is 19.9 Å². The highest BCUT2D eigenvalue weighted by Crippen LogP contribution is 2.28. The van der Waals surface area contributed by atoms with Crippen molar-refractivity contribution in [3.63, 3.8) is 0 Å². The van der Waals surface area contributed by atoms with Gasteiger partial charge in [-0.2, -0.15) is 0 Å². The second kappa shape index (κ2) is 9.04. The van der Waals surface area contributed by atoms with Gasteiger partial charge in [0.1, 0.15) is 12.3 Å². The molecule has 0 aliphatic rings. The van der Waals surface area contributed by atoms with Crippen molar-refractivity contribution in [1.82, 2.24) is 4.90 Å². The quantitative estimate of drug-likeness (QED) is 0.634. The van der Waals surface area contributed by atoms with Crippen molar-refractivity contribution < 1.29 is 19.1 Å². The van der Waals surface area contributed by atoms with Crippen LogP contribution >= 0.6 is 31.9 Å².